The summed E-state index contributed by atoms with van der Waals surface area (Å²) in [7, 11) is -3.26. The minimum Gasteiger partial charge on any atom is -0.348 e. The Hall–Kier alpha value is -4.55. The summed E-state index contributed by atoms with van der Waals surface area (Å²) in [6.45, 7) is 1.35. The van der Waals surface area contributed by atoms with Gasteiger partial charge in [0.2, 0.25) is 0 Å². The van der Waals surface area contributed by atoms with E-state index in [2.05, 4.69) is 31.7 Å². The lowest BCUT2D eigenvalue weighted by Gasteiger charge is -2.16. The van der Waals surface area contributed by atoms with Crippen LogP contribution < -0.4 is 5.32 Å². The first-order chi connectivity index (χ1) is 20.7. The molecule has 11 nitrogen and oxygen atoms in total. The number of amides is 1. The predicted octanol–water partition coefficient (Wildman–Crippen LogP) is 3.21. The molecule has 1 aliphatic rings. The lowest BCUT2D eigenvalue weighted by atomic mass is 9.93. The third kappa shape index (κ3) is 6.66. The molecule has 4 aromatic rings. The summed E-state index contributed by atoms with van der Waals surface area (Å²) in [6.07, 6.45) is 0.767. The van der Waals surface area contributed by atoms with Crippen LogP contribution in [0.25, 0.3) is 5.69 Å². The number of tetrazole rings is 1. The number of aryl methyl sites for hydroxylation is 1. The quantitative estimate of drug-likeness (QED) is 0.228. The maximum atomic E-state index is 13.9. The third-order valence-electron chi connectivity index (χ3n) is 6.93. The lowest BCUT2D eigenvalue weighted by molar-refractivity contribution is -0.145. The van der Waals surface area contributed by atoms with E-state index in [1.807, 2.05) is 0 Å². The lowest BCUT2D eigenvalue weighted by Crippen LogP contribution is -2.36. The molecule has 0 saturated carbocycles. The molecule has 0 aliphatic carbocycles. The summed E-state index contributed by atoms with van der Waals surface area (Å²) in [5, 5.41) is 17.2. The van der Waals surface area contributed by atoms with Gasteiger partial charge in [0.1, 0.15) is 12.2 Å². The van der Waals surface area contributed by atoms with E-state index in [0.717, 1.165) is 0 Å². The highest BCUT2D eigenvalue weighted by molar-refractivity contribution is 7.91. The number of carbonyl (C=O) groups is 2. The van der Waals surface area contributed by atoms with Crippen molar-refractivity contribution in [2.75, 3.05) is 11.5 Å². The zero-order valence-corrected chi connectivity index (χ0v) is 24.5. The number of halogens is 4. The van der Waals surface area contributed by atoms with E-state index in [-0.39, 0.29) is 52.9 Å². The second-order valence-corrected chi connectivity index (χ2v) is 12.8. The van der Waals surface area contributed by atoms with Gasteiger partial charge in [0.25, 0.3) is 11.7 Å². The molecule has 0 spiro atoms. The third-order valence-corrected chi connectivity index (χ3v) is 9.01. The average Bonchev–Trinajstić information content (AvgIpc) is 3.68. The summed E-state index contributed by atoms with van der Waals surface area (Å²) in [6, 6.07) is 10.4. The van der Waals surface area contributed by atoms with E-state index < -0.39 is 39.6 Å². The van der Waals surface area contributed by atoms with Crippen LogP contribution >= 0.6 is 11.6 Å². The molecule has 1 aliphatic heterocycles. The summed E-state index contributed by atoms with van der Waals surface area (Å²) in [4.78, 5) is 27.9. The molecule has 16 heteroatoms. The first-order valence-corrected chi connectivity index (χ1v) is 15.3. The number of alkyl halides is 3. The molecule has 1 N–H and O–H groups in total. The Balaban J connectivity index is 1.50. The molecule has 3 heterocycles. The van der Waals surface area contributed by atoms with Gasteiger partial charge in [-0.25, -0.2) is 13.1 Å². The highest BCUT2D eigenvalue weighted by atomic mass is 35.5. The van der Waals surface area contributed by atoms with Gasteiger partial charge >= 0.3 is 6.18 Å². The van der Waals surface area contributed by atoms with E-state index in [9.17, 15) is 31.2 Å². The monoisotopic (exact) mass is 645 g/mol. The van der Waals surface area contributed by atoms with Crippen LogP contribution in [0.4, 0.5) is 13.2 Å². The summed E-state index contributed by atoms with van der Waals surface area (Å²) < 4.78 is 64.0. The van der Waals surface area contributed by atoms with Gasteiger partial charge in [-0.05, 0) is 60.0 Å². The van der Waals surface area contributed by atoms with Gasteiger partial charge in [-0.3, -0.25) is 9.59 Å². The fraction of sp³-hybridized carbons (Fsp3) is 0.286. The normalized spacial score (nSPS) is 16.0. The fourth-order valence-electron chi connectivity index (χ4n) is 4.84. The number of nitrogens with one attached hydrogen (secondary N) is 1. The molecular formula is C28H23ClF3N7O4S. The number of terminal acetylenes is 1. The maximum Gasteiger partial charge on any atom is 0.455 e. The van der Waals surface area contributed by atoms with Crippen LogP contribution in [0.1, 0.15) is 55.5 Å². The van der Waals surface area contributed by atoms with Crippen molar-refractivity contribution in [2.24, 2.45) is 0 Å². The zero-order chi connectivity index (χ0) is 31.8. The van der Waals surface area contributed by atoms with E-state index >= 15 is 0 Å². The van der Waals surface area contributed by atoms with Gasteiger partial charge in [0.15, 0.2) is 15.6 Å². The van der Waals surface area contributed by atoms with Crippen LogP contribution in [0.2, 0.25) is 5.02 Å². The van der Waals surface area contributed by atoms with Crippen molar-refractivity contribution in [1.29, 1.82) is 0 Å². The van der Waals surface area contributed by atoms with Crippen LogP contribution in [0.3, 0.4) is 0 Å². The van der Waals surface area contributed by atoms with Gasteiger partial charge in [0.05, 0.1) is 27.9 Å². The van der Waals surface area contributed by atoms with Crippen LogP contribution in [0.15, 0.2) is 42.5 Å². The van der Waals surface area contributed by atoms with Crippen molar-refractivity contribution in [3.63, 3.8) is 0 Å². The molecular weight excluding hydrogens is 623 g/mol. The smallest absolute Gasteiger partial charge is 0.348 e. The molecule has 5 rings (SSSR count). The summed E-state index contributed by atoms with van der Waals surface area (Å²) in [5.41, 5.74) is 1.90. The standard InChI is InChI=1S/C28H23ClF3N7O4S/c1-3-17-10-16(2)20(21(11-17)26(41)33-18-8-9-44(42,43)15-18)13-25(40)24-12-19(14-38-36-27(34-37-38)28(30,31)32)35-39(24)23-7-5-4-6-22(23)29/h1,4-7,10-12,18H,8-9,13-15H2,2H3,(H,33,41). The molecule has 1 amide bonds. The largest absolute Gasteiger partial charge is 0.455 e. The average molecular weight is 646 g/mol. The first-order valence-electron chi connectivity index (χ1n) is 13.1. The fourth-order valence-corrected chi connectivity index (χ4v) is 6.73. The SMILES string of the molecule is C#Cc1cc(C)c(CC(=O)c2cc(Cn3nnc(C(F)(F)F)n3)nn2-c2ccccc2Cl)c(C(=O)NC2CCS(=O)(=O)C2)c1. The number of Topliss-reactive ketones (excluding diaryl/α,β-unsaturated/α-hetero) is 1. The van der Waals surface area contributed by atoms with Crippen molar-refractivity contribution in [3.05, 3.63) is 87.0 Å². The molecule has 2 aromatic carbocycles. The number of carbonyl (C=O) groups excluding carboxylic acids is 2. The van der Waals surface area contributed by atoms with Crippen molar-refractivity contribution in [1.82, 2.24) is 35.3 Å². The number of para-hydroxylation sites is 1. The van der Waals surface area contributed by atoms with Gasteiger partial charge in [-0.15, -0.1) is 16.6 Å². The molecule has 0 radical (unpaired) electrons. The zero-order valence-electron chi connectivity index (χ0n) is 23.0. The number of nitrogens with zero attached hydrogens (tertiary/aromatic N) is 6. The molecule has 2 aromatic heterocycles. The first kappa shape index (κ1) is 30.9. The topological polar surface area (TPSA) is 142 Å². The van der Waals surface area contributed by atoms with E-state index in [1.165, 1.54) is 16.8 Å². The molecule has 1 unspecified atom stereocenters. The number of aromatic nitrogens is 6. The number of sulfone groups is 1. The Labute approximate surface area is 254 Å². The second-order valence-electron chi connectivity index (χ2n) is 10.2. The Morgan fingerprint density at radius 2 is 1.93 bits per heavy atom. The van der Waals surface area contributed by atoms with Crippen LogP contribution in [0.5, 0.6) is 0 Å². The summed E-state index contributed by atoms with van der Waals surface area (Å²) >= 11 is 6.39. The Morgan fingerprint density at radius 1 is 1.18 bits per heavy atom. The van der Waals surface area contributed by atoms with Crippen LogP contribution in [-0.4, -0.2) is 67.6 Å². The van der Waals surface area contributed by atoms with Gasteiger partial charge in [0, 0.05) is 23.6 Å². The van der Waals surface area contributed by atoms with Crippen LogP contribution in [-0.2, 0) is 29.0 Å². The van der Waals surface area contributed by atoms with Crippen molar-refractivity contribution >= 4 is 33.1 Å². The molecule has 44 heavy (non-hydrogen) atoms. The Morgan fingerprint density at radius 3 is 2.57 bits per heavy atom. The molecule has 1 fully saturated rings. The number of hydrogen-bond acceptors (Lipinski definition) is 8. The molecule has 0 bridgehead atoms. The number of ketones is 1. The summed E-state index contributed by atoms with van der Waals surface area (Å²) in [5.74, 6) is -0.251. The molecule has 228 valence electrons. The van der Waals surface area contributed by atoms with E-state index in [4.69, 9.17) is 18.0 Å². The maximum absolute atomic E-state index is 13.9. The second kappa shape index (κ2) is 11.9. The van der Waals surface area contributed by atoms with E-state index in [1.54, 1.807) is 37.3 Å². The molecule has 1 saturated heterocycles. The van der Waals surface area contributed by atoms with E-state index in [0.29, 0.717) is 27.2 Å². The molecule has 1 atom stereocenters. The minimum atomic E-state index is -4.79. The number of rotatable bonds is 8. The highest BCUT2D eigenvalue weighted by Gasteiger charge is 2.37. The highest BCUT2D eigenvalue weighted by Crippen LogP contribution is 2.27. The Kier molecular flexibility index (Phi) is 8.32. The van der Waals surface area contributed by atoms with Gasteiger partial charge in [-0.2, -0.15) is 23.1 Å². The van der Waals surface area contributed by atoms with Crippen molar-refractivity contribution in [2.45, 2.75) is 38.5 Å². The van der Waals surface area contributed by atoms with Crippen molar-refractivity contribution < 1.29 is 31.2 Å². The predicted molar refractivity (Wildman–Crippen MR) is 152 cm³/mol. The number of hydrogen-bond donors (Lipinski definition) is 1. The minimum absolute atomic E-state index is 0.0259. The van der Waals surface area contributed by atoms with Gasteiger partial charge < -0.3 is 5.32 Å². The van der Waals surface area contributed by atoms with Gasteiger partial charge in [-0.1, -0.05) is 29.7 Å². The van der Waals surface area contributed by atoms with Crippen molar-refractivity contribution in [3.8, 4) is 18.0 Å². The van der Waals surface area contributed by atoms with Crippen LogP contribution in [0, 0.1) is 19.3 Å². The number of benzene rings is 2. The Bertz CT molecular complexity index is 1930.